The Morgan fingerprint density at radius 2 is 1.78 bits per heavy atom. The quantitative estimate of drug-likeness (QED) is 0.298. The number of nitrogens with two attached hydrogens (primary N) is 1. The minimum absolute atomic E-state index is 0.0730. The van der Waals surface area contributed by atoms with E-state index in [4.69, 9.17) is 25.5 Å². The first-order valence-electron chi connectivity index (χ1n) is 2.51. The van der Waals surface area contributed by atoms with Gasteiger partial charge in [-0.05, 0) is 0 Å². The van der Waals surface area contributed by atoms with E-state index in [2.05, 4.69) is 0 Å². The number of hydrogen-bond donors (Lipinski definition) is 5. The molecule has 6 N–H and O–H groups in total. The van der Waals surface area contributed by atoms with Crippen molar-refractivity contribution in [2.75, 3.05) is 12.7 Å². The maximum absolute atomic E-state index is 8.62. The van der Waals surface area contributed by atoms with Gasteiger partial charge in [-0.3, -0.25) is 0 Å². The van der Waals surface area contributed by atoms with Crippen LogP contribution in [0.25, 0.3) is 0 Å². The number of hydrogen-bond acceptors (Lipinski definition) is 5. The van der Waals surface area contributed by atoms with Crippen LogP contribution in [-0.4, -0.2) is 38.6 Å². The minimum atomic E-state index is -4.07. The Morgan fingerprint density at radius 1 is 1.33 bits per heavy atom. The molecule has 0 spiro atoms. The van der Waals surface area contributed by atoms with Crippen molar-refractivity contribution >= 4 is 7.94 Å². The molecule has 0 saturated heterocycles. The number of aliphatic hydroxyl groups is 1. The summed E-state index contributed by atoms with van der Waals surface area (Å²) < 4.78 is 0. The fourth-order valence-electron chi connectivity index (χ4n) is 0.399. The summed E-state index contributed by atoms with van der Waals surface area (Å²) in [4.78, 5) is 25.1. The molecule has 0 heterocycles. The first kappa shape index (κ1) is 9.23. The van der Waals surface area contributed by atoms with Crippen molar-refractivity contribution in [2.24, 2.45) is 5.73 Å². The van der Waals surface area contributed by atoms with Crippen LogP contribution in [0, 0.1) is 0 Å². The first-order chi connectivity index (χ1) is 3.95. The SMILES string of the molecule is NCC(O)C[PH](O)(O)O. The van der Waals surface area contributed by atoms with Gasteiger partial charge in [0.2, 0.25) is 0 Å². The molecule has 0 rings (SSSR count). The summed E-state index contributed by atoms with van der Waals surface area (Å²) in [5, 5.41) is 8.62. The van der Waals surface area contributed by atoms with E-state index in [1.807, 2.05) is 0 Å². The standard InChI is InChI=1S/C3H12NO4P/c4-1-3(5)2-9(6,7)8/h3,5-9H,1-2,4H2. The van der Waals surface area contributed by atoms with Crippen LogP contribution in [0.1, 0.15) is 0 Å². The zero-order valence-electron chi connectivity index (χ0n) is 4.86. The van der Waals surface area contributed by atoms with E-state index in [1.165, 1.54) is 0 Å². The van der Waals surface area contributed by atoms with Gasteiger partial charge in [0.15, 0.2) is 0 Å². The van der Waals surface area contributed by atoms with E-state index < -0.39 is 20.2 Å². The predicted octanol–water partition coefficient (Wildman–Crippen LogP) is -2.22. The third-order valence-electron chi connectivity index (χ3n) is 0.782. The van der Waals surface area contributed by atoms with E-state index in [1.54, 1.807) is 0 Å². The van der Waals surface area contributed by atoms with Crippen molar-refractivity contribution in [3.8, 4) is 0 Å². The fraction of sp³-hybridized carbons (Fsp3) is 1.00. The third kappa shape index (κ3) is 6.11. The molecule has 0 aliphatic carbocycles. The summed E-state index contributed by atoms with van der Waals surface area (Å²) in [6.45, 7) is -0.0730. The van der Waals surface area contributed by atoms with Crippen LogP contribution in [0.5, 0.6) is 0 Å². The molecule has 0 aliphatic rings. The molecule has 0 aliphatic heterocycles. The van der Waals surface area contributed by atoms with Crippen LogP contribution in [0.2, 0.25) is 0 Å². The van der Waals surface area contributed by atoms with E-state index in [0.717, 1.165) is 0 Å². The third-order valence-corrected chi connectivity index (χ3v) is 1.80. The van der Waals surface area contributed by atoms with Crippen LogP contribution in [0.4, 0.5) is 0 Å². The van der Waals surface area contributed by atoms with Crippen molar-refractivity contribution in [1.29, 1.82) is 0 Å². The predicted molar refractivity (Wildman–Crippen MR) is 34.9 cm³/mol. The van der Waals surface area contributed by atoms with Gasteiger partial charge in [0, 0.05) is 0 Å². The molecule has 0 saturated carbocycles. The van der Waals surface area contributed by atoms with Crippen molar-refractivity contribution in [1.82, 2.24) is 0 Å². The van der Waals surface area contributed by atoms with Crippen molar-refractivity contribution < 1.29 is 19.8 Å². The van der Waals surface area contributed by atoms with Crippen LogP contribution < -0.4 is 5.73 Å². The average molecular weight is 157 g/mol. The second-order valence-electron chi connectivity index (χ2n) is 1.87. The van der Waals surface area contributed by atoms with Crippen molar-refractivity contribution in [3.05, 3.63) is 0 Å². The number of aliphatic hydroxyl groups excluding tert-OH is 1. The second-order valence-corrected chi connectivity index (χ2v) is 3.82. The summed E-state index contributed by atoms with van der Waals surface area (Å²) in [6, 6.07) is 0. The zero-order chi connectivity index (χ0) is 7.49. The molecule has 0 aromatic carbocycles. The van der Waals surface area contributed by atoms with Gasteiger partial charge < -0.3 is 0 Å². The Hall–Kier alpha value is 0.230. The maximum atomic E-state index is 8.62. The van der Waals surface area contributed by atoms with Crippen LogP contribution in [-0.2, 0) is 0 Å². The average Bonchev–Trinajstić information content (AvgIpc) is 1.62. The van der Waals surface area contributed by atoms with Gasteiger partial charge in [-0.2, -0.15) is 0 Å². The molecule has 5 nitrogen and oxygen atoms in total. The Kier molecular flexibility index (Phi) is 3.50. The van der Waals surface area contributed by atoms with Crippen molar-refractivity contribution in [3.63, 3.8) is 0 Å². The van der Waals surface area contributed by atoms with Crippen LogP contribution >= 0.6 is 7.94 Å². The van der Waals surface area contributed by atoms with Gasteiger partial charge >= 0.3 is 52.3 Å². The molecule has 0 radical (unpaired) electrons. The van der Waals surface area contributed by atoms with E-state index in [9.17, 15) is 0 Å². The molecule has 0 amide bonds. The first-order valence-corrected chi connectivity index (χ1v) is 4.56. The molecular formula is C3H12NO4P. The summed E-state index contributed by atoms with van der Waals surface area (Å²) in [6.07, 6.45) is -1.43. The van der Waals surface area contributed by atoms with Crippen LogP contribution in [0.3, 0.4) is 0 Å². The fourth-order valence-corrected chi connectivity index (χ4v) is 1.20. The molecule has 1 atom stereocenters. The molecule has 9 heavy (non-hydrogen) atoms. The van der Waals surface area contributed by atoms with Crippen molar-refractivity contribution in [2.45, 2.75) is 6.10 Å². The summed E-state index contributed by atoms with van der Waals surface area (Å²) in [5.74, 6) is 0. The Labute approximate surface area is 53.3 Å². The molecule has 1 unspecified atom stereocenters. The normalized spacial score (nSPS) is 17.4. The second kappa shape index (κ2) is 3.41. The van der Waals surface area contributed by atoms with E-state index in [0.29, 0.717) is 0 Å². The number of rotatable bonds is 3. The summed E-state index contributed by atoms with van der Waals surface area (Å²) >= 11 is 0. The summed E-state index contributed by atoms with van der Waals surface area (Å²) in [7, 11) is -4.07. The topological polar surface area (TPSA) is 107 Å². The molecule has 0 aromatic heterocycles. The van der Waals surface area contributed by atoms with Gasteiger partial charge in [0.25, 0.3) is 0 Å². The molecule has 6 heteroatoms. The van der Waals surface area contributed by atoms with Gasteiger partial charge in [0.05, 0.1) is 0 Å². The van der Waals surface area contributed by atoms with E-state index in [-0.39, 0.29) is 6.54 Å². The van der Waals surface area contributed by atoms with Crippen LogP contribution in [0.15, 0.2) is 0 Å². The monoisotopic (exact) mass is 157 g/mol. The Morgan fingerprint density at radius 3 is 1.89 bits per heavy atom. The molecule has 0 aromatic rings. The molecule has 0 fully saturated rings. The Balaban J connectivity index is 3.47. The van der Waals surface area contributed by atoms with Gasteiger partial charge in [-0.15, -0.1) is 0 Å². The zero-order valence-corrected chi connectivity index (χ0v) is 5.86. The van der Waals surface area contributed by atoms with E-state index >= 15 is 0 Å². The van der Waals surface area contributed by atoms with Gasteiger partial charge in [-0.1, -0.05) is 0 Å². The molecular weight excluding hydrogens is 145 g/mol. The Bertz CT molecular complexity index is 82.4. The van der Waals surface area contributed by atoms with Gasteiger partial charge in [-0.25, -0.2) is 0 Å². The molecule has 0 bridgehead atoms. The molecule has 58 valence electrons. The summed E-state index contributed by atoms with van der Waals surface area (Å²) in [5.41, 5.74) is 4.92. The van der Waals surface area contributed by atoms with Gasteiger partial charge in [0.1, 0.15) is 0 Å².